The van der Waals surface area contributed by atoms with Crippen LogP contribution in [0.2, 0.25) is 0 Å². The van der Waals surface area contributed by atoms with Gasteiger partial charge in [0.15, 0.2) is 0 Å². The van der Waals surface area contributed by atoms with Crippen molar-refractivity contribution in [3.05, 3.63) is 61.0 Å². The van der Waals surface area contributed by atoms with E-state index < -0.39 is 4.92 Å². The summed E-state index contributed by atoms with van der Waals surface area (Å²) < 4.78 is 6.76. The second-order valence-electron chi connectivity index (χ2n) is 4.06. The zero-order valence-electron chi connectivity index (χ0n) is 10.5. The third-order valence-electron chi connectivity index (χ3n) is 2.54. The zero-order chi connectivity index (χ0) is 15.6. The normalized spacial score (nSPS) is 10.2. The molecule has 0 aromatic heterocycles. The van der Waals surface area contributed by atoms with Crippen LogP contribution in [0.15, 0.2) is 45.3 Å². The summed E-state index contributed by atoms with van der Waals surface area (Å²) in [5, 5.41) is 18.2. The van der Waals surface area contributed by atoms with E-state index in [1.165, 1.54) is 12.1 Å². The molecule has 0 amide bonds. The summed E-state index contributed by atoms with van der Waals surface area (Å²) in [4.78, 5) is 10.3. The average Bonchev–Trinajstić information content (AvgIpc) is 2.40. The Balaban J connectivity index is 2.34. The number of halogens is 2. The van der Waals surface area contributed by atoms with E-state index >= 15 is 0 Å². The molecule has 0 spiro atoms. The van der Waals surface area contributed by atoms with Crippen molar-refractivity contribution >= 4 is 43.4 Å². The molecule has 8 heteroatoms. The molecule has 108 valence electrons. The van der Waals surface area contributed by atoms with E-state index in [1.807, 2.05) is 0 Å². The van der Waals surface area contributed by atoms with Gasteiger partial charge in [-0.25, -0.2) is 0 Å². The van der Waals surface area contributed by atoms with E-state index in [-0.39, 0.29) is 11.5 Å². The summed E-state index contributed by atoms with van der Waals surface area (Å²) in [6.07, 6.45) is 0. The molecule has 0 fully saturated rings. The maximum Gasteiger partial charge on any atom is 0.274 e. The molecule has 21 heavy (non-hydrogen) atoms. The maximum absolute atomic E-state index is 10.8. The van der Waals surface area contributed by atoms with Gasteiger partial charge in [0.25, 0.3) is 5.69 Å². The SMILES string of the molecule is N=C(N)c1ccc(Oc2cc(Br)cc([N+](=O)[O-])c2)c(Br)c1. The minimum atomic E-state index is -0.495. The highest BCUT2D eigenvalue weighted by Gasteiger charge is 2.12. The topological polar surface area (TPSA) is 102 Å². The predicted molar refractivity (Wildman–Crippen MR) is 86.0 cm³/mol. The number of nitrogens with zero attached hydrogens (tertiary/aromatic N) is 1. The number of nitro benzene ring substituents is 1. The molecule has 0 atom stereocenters. The molecule has 2 aromatic rings. The molecular formula is C13H9Br2N3O3. The van der Waals surface area contributed by atoms with E-state index in [0.717, 1.165) is 0 Å². The Bertz CT molecular complexity index is 735. The predicted octanol–water partition coefficient (Wildman–Crippen LogP) is 4.20. The number of benzene rings is 2. The van der Waals surface area contributed by atoms with Crippen LogP contribution in [0.3, 0.4) is 0 Å². The smallest absolute Gasteiger partial charge is 0.274 e. The van der Waals surface area contributed by atoms with Crippen molar-refractivity contribution in [1.29, 1.82) is 5.41 Å². The highest BCUT2D eigenvalue weighted by Crippen LogP contribution is 2.33. The molecule has 0 bridgehead atoms. The van der Waals surface area contributed by atoms with Crippen LogP contribution in [0.25, 0.3) is 0 Å². The Labute approximate surface area is 136 Å². The van der Waals surface area contributed by atoms with Gasteiger partial charge in [-0.1, -0.05) is 15.9 Å². The zero-order valence-corrected chi connectivity index (χ0v) is 13.6. The van der Waals surface area contributed by atoms with Gasteiger partial charge in [0.05, 0.1) is 15.5 Å². The van der Waals surface area contributed by atoms with Crippen LogP contribution in [0, 0.1) is 15.5 Å². The van der Waals surface area contributed by atoms with Gasteiger partial charge in [0.2, 0.25) is 0 Å². The molecular weight excluding hydrogens is 406 g/mol. The summed E-state index contributed by atoms with van der Waals surface area (Å²) in [6, 6.07) is 9.25. The Morgan fingerprint density at radius 2 is 1.95 bits per heavy atom. The van der Waals surface area contributed by atoms with E-state index in [4.69, 9.17) is 15.9 Å². The van der Waals surface area contributed by atoms with Gasteiger partial charge in [0.1, 0.15) is 17.3 Å². The number of amidine groups is 1. The van der Waals surface area contributed by atoms with E-state index in [1.54, 1.807) is 24.3 Å². The second kappa shape index (κ2) is 6.23. The summed E-state index contributed by atoms with van der Waals surface area (Å²) in [7, 11) is 0. The number of nitro groups is 1. The molecule has 2 aromatic carbocycles. The fourth-order valence-electron chi connectivity index (χ4n) is 1.59. The van der Waals surface area contributed by atoms with Crippen molar-refractivity contribution in [3.63, 3.8) is 0 Å². The first-order valence-corrected chi connectivity index (χ1v) is 7.22. The maximum atomic E-state index is 10.8. The first-order chi connectivity index (χ1) is 9.86. The molecule has 2 rings (SSSR count). The summed E-state index contributed by atoms with van der Waals surface area (Å²) >= 11 is 6.52. The molecule has 3 N–H and O–H groups in total. The van der Waals surface area contributed by atoms with E-state index in [0.29, 0.717) is 26.0 Å². The standard InChI is InChI=1S/C13H9Br2N3O3/c14-8-4-9(18(19)20)6-10(5-8)21-12-2-1-7(13(16)17)3-11(12)15/h1-6H,(H3,16,17). The van der Waals surface area contributed by atoms with Crippen molar-refractivity contribution in [1.82, 2.24) is 0 Å². The number of rotatable bonds is 4. The second-order valence-corrected chi connectivity index (χ2v) is 5.83. The van der Waals surface area contributed by atoms with Crippen molar-refractivity contribution in [3.8, 4) is 11.5 Å². The number of nitrogens with two attached hydrogens (primary N) is 1. The first kappa shape index (κ1) is 15.5. The molecule has 0 saturated heterocycles. The highest BCUT2D eigenvalue weighted by molar-refractivity contribution is 9.10. The first-order valence-electron chi connectivity index (χ1n) is 5.63. The molecule has 0 saturated carbocycles. The number of hydrogen-bond donors (Lipinski definition) is 2. The fourth-order valence-corrected chi connectivity index (χ4v) is 2.51. The third-order valence-corrected chi connectivity index (χ3v) is 3.62. The van der Waals surface area contributed by atoms with Crippen LogP contribution in [-0.2, 0) is 0 Å². The van der Waals surface area contributed by atoms with Crippen LogP contribution >= 0.6 is 31.9 Å². The lowest BCUT2D eigenvalue weighted by molar-refractivity contribution is -0.385. The van der Waals surface area contributed by atoms with Crippen LogP contribution in [0.5, 0.6) is 11.5 Å². The monoisotopic (exact) mass is 413 g/mol. The summed E-state index contributed by atoms with van der Waals surface area (Å²) in [5.74, 6) is 0.736. The van der Waals surface area contributed by atoms with Crippen molar-refractivity contribution in [2.24, 2.45) is 5.73 Å². The quantitative estimate of drug-likeness (QED) is 0.338. The molecule has 0 aliphatic carbocycles. The molecule has 0 aliphatic rings. The lowest BCUT2D eigenvalue weighted by Gasteiger charge is -2.09. The minimum absolute atomic E-state index is 0.0552. The highest BCUT2D eigenvalue weighted by atomic mass is 79.9. The van der Waals surface area contributed by atoms with Gasteiger partial charge in [-0.15, -0.1) is 0 Å². The van der Waals surface area contributed by atoms with Crippen molar-refractivity contribution < 1.29 is 9.66 Å². The van der Waals surface area contributed by atoms with Gasteiger partial charge in [0, 0.05) is 16.1 Å². The van der Waals surface area contributed by atoms with Crippen LogP contribution < -0.4 is 10.5 Å². The molecule has 0 heterocycles. The third kappa shape index (κ3) is 3.79. The average molecular weight is 415 g/mol. The summed E-state index contributed by atoms with van der Waals surface area (Å²) in [6.45, 7) is 0. The van der Waals surface area contributed by atoms with Crippen molar-refractivity contribution in [2.45, 2.75) is 0 Å². The van der Waals surface area contributed by atoms with Crippen LogP contribution in [-0.4, -0.2) is 10.8 Å². The minimum Gasteiger partial charge on any atom is -0.456 e. The number of nitrogens with one attached hydrogen (secondary N) is 1. The molecule has 0 aliphatic heterocycles. The Kier molecular flexibility index (Phi) is 4.59. The molecule has 0 radical (unpaired) electrons. The van der Waals surface area contributed by atoms with E-state index in [9.17, 15) is 10.1 Å². The lowest BCUT2D eigenvalue weighted by Crippen LogP contribution is -2.10. The number of non-ortho nitro benzene ring substituents is 1. The number of nitrogen functional groups attached to an aromatic ring is 1. The van der Waals surface area contributed by atoms with Crippen LogP contribution in [0.1, 0.15) is 5.56 Å². The van der Waals surface area contributed by atoms with Crippen molar-refractivity contribution in [2.75, 3.05) is 0 Å². The Morgan fingerprint density at radius 1 is 1.24 bits per heavy atom. The summed E-state index contributed by atoms with van der Waals surface area (Å²) in [5.41, 5.74) is 5.88. The molecule has 6 nitrogen and oxygen atoms in total. The Hall–Kier alpha value is -1.93. The van der Waals surface area contributed by atoms with Gasteiger partial charge in [-0.05, 0) is 40.2 Å². The van der Waals surface area contributed by atoms with Crippen LogP contribution in [0.4, 0.5) is 5.69 Å². The van der Waals surface area contributed by atoms with Gasteiger partial charge >= 0.3 is 0 Å². The fraction of sp³-hybridized carbons (Fsp3) is 0. The largest absolute Gasteiger partial charge is 0.456 e. The van der Waals surface area contributed by atoms with Gasteiger partial charge < -0.3 is 10.5 Å². The number of ether oxygens (including phenoxy) is 1. The lowest BCUT2D eigenvalue weighted by atomic mass is 10.2. The molecule has 0 unspecified atom stereocenters. The van der Waals surface area contributed by atoms with E-state index in [2.05, 4.69) is 31.9 Å². The Morgan fingerprint density at radius 3 is 2.52 bits per heavy atom. The van der Waals surface area contributed by atoms with Gasteiger partial charge in [-0.3, -0.25) is 15.5 Å². The number of hydrogen-bond acceptors (Lipinski definition) is 4. The van der Waals surface area contributed by atoms with Gasteiger partial charge in [-0.2, -0.15) is 0 Å².